The third kappa shape index (κ3) is 3.43. The van der Waals surface area contributed by atoms with Gasteiger partial charge in [-0.05, 0) is 88.0 Å². The summed E-state index contributed by atoms with van der Waals surface area (Å²) in [6.45, 7) is 7.91. The fourth-order valence-corrected chi connectivity index (χ4v) is 9.20. The highest BCUT2D eigenvalue weighted by Gasteiger charge is 2.73. The van der Waals surface area contributed by atoms with E-state index in [9.17, 15) is 24.3 Å². The van der Waals surface area contributed by atoms with Gasteiger partial charge in [0.05, 0.1) is 11.8 Å². The van der Waals surface area contributed by atoms with Crippen molar-refractivity contribution in [2.24, 2.45) is 40.4 Å². The molecule has 4 saturated carbocycles. The molecule has 5 rings (SSSR count). The first kappa shape index (κ1) is 25.5. The minimum atomic E-state index is -1.67. The molecular weight excluding hydrogens is 460 g/mol. The van der Waals surface area contributed by atoms with Gasteiger partial charge in [0.25, 0.3) is 0 Å². The Labute approximate surface area is 213 Å². The molecule has 4 fully saturated rings. The number of Topliss-reactive ketones (excluding diaryl/α,β-unsaturated/α-hetero) is 1. The maximum absolute atomic E-state index is 13.2. The van der Waals surface area contributed by atoms with Gasteiger partial charge < -0.3 is 14.6 Å². The lowest BCUT2D eigenvalue weighted by Crippen LogP contribution is -2.61. The van der Waals surface area contributed by atoms with Crippen molar-refractivity contribution >= 4 is 23.7 Å². The van der Waals surface area contributed by atoms with E-state index in [-0.39, 0.29) is 53.7 Å². The van der Waals surface area contributed by atoms with E-state index in [1.165, 1.54) is 0 Å². The zero-order valence-electron chi connectivity index (χ0n) is 22.0. The van der Waals surface area contributed by atoms with Crippen molar-refractivity contribution in [3.8, 4) is 0 Å². The minimum absolute atomic E-state index is 0.000255. The van der Waals surface area contributed by atoms with Crippen LogP contribution in [0.25, 0.3) is 0 Å². The van der Waals surface area contributed by atoms with Gasteiger partial charge in [0, 0.05) is 11.3 Å². The maximum atomic E-state index is 13.2. The molecule has 0 aromatic rings. The van der Waals surface area contributed by atoms with Crippen LogP contribution in [0.5, 0.6) is 0 Å². The predicted molar refractivity (Wildman–Crippen MR) is 131 cm³/mol. The Morgan fingerprint density at radius 3 is 2.44 bits per heavy atom. The summed E-state index contributed by atoms with van der Waals surface area (Å²) < 4.78 is 11.7. The lowest BCUT2D eigenvalue weighted by atomic mass is 9.46. The zero-order chi connectivity index (χ0) is 26.0. The summed E-state index contributed by atoms with van der Waals surface area (Å²) >= 11 is 0. The normalized spacial score (nSPS) is 46.2. The average Bonchev–Trinajstić information content (AvgIpc) is 3.04. The number of hydrogen-bond acceptors (Lipinski definition) is 6. The largest absolute Gasteiger partial charge is 0.509 e. The van der Waals surface area contributed by atoms with Crippen molar-refractivity contribution in [1.29, 1.82) is 0 Å². The Bertz CT molecular complexity index is 1020. The molecule has 0 radical (unpaired) electrons. The second-order valence-electron chi connectivity index (χ2n) is 12.8. The lowest BCUT2D eigenvalue weighted by Gasteiger charge is -2.58. The van der Waals surface area contributed by atoms with Crippen LogP contribution in [0.3, 0.4) is 0 Å². The number of carbonyl (C=O) groups excluding carboxylic acids is 3. The predicted octanol–water partition coefficient (Wildman–Crippen LogP) is 5.50. The third-order valence-electron chi connectivity index (χ3n) is 11.2. The summed E-state index contributed by atoms with van der Waals surface area (Å²) in [5.41, 5.74) is -2.14. The number of hydrogen-bond donors (Lipinski definition) is 1. The summed E-state index contributed by atoms with van der Waals surface area (Å²) in [7, 11) is 0. The highest BCUT2D eigenvalue weighted by atomic mass is 16.7. The quantitative estimate of drug-likeness (QED) is 0.403. The SMILES string of the molecule is CC1C[C@H]2[C@@H]3CCC4=CC(=O)CC(=O)[C@]4(C)[C@H]3CC[C@]2(C)C1(OC(=O)O[C@@H]1CCCC[C@@H]1C)C(=O)O. The van der Waals surface area contributed by atoms with Crippen molar-refractivity contribution in [1.82, 2.24) is 0 Å². The minimum Gasteiger partial charge on any atom is -0.478 e. The second-order valence-corrected chi connectivity index (χ2v) is 12.8. The molecule has 7 heteroatoms. The van der Waals surface area contributed by atoms with Crippen LogP contribution in [-0.4, -0.2) is 40.5 Å². The van der Waals surface area contributed by atoms with Crippen molar-refractivity contribution in [3.63, 3.8) is 0 Å². The van der Waals surface area contributed by atoms with Crippen LogP contribution in [0.15, 0.2) is 11.6 Å². The molecule has 0 amide bonds. The van der Waals surface area contributed by atoms with Gasteiger partial charge >= 0.3 is 12.1 Å². The number of aliphatic carboxylic acids is 1. The molecule has 0 heterocycles. The third-order valence-corrected chi connectivity index (χ3v) is 11.2. The maximum Gasteiger partial charge on any atom is 0.509 e. The van der Waals surface area contributed by atoms with Gasteiger partial charge in [0.1, 0.15) is 6.10 Å². The van der Waals surface area contributed by atoms with Crippen LogP contribution in [0.2, 0.25) is 0 Å². The van der Waals surface area contributed by atoms with Gasteiger partial charge in [-0.1, -0.05) is 32.8 Å². The summed E-state index contributed by atoms with van der Waals surface area (Å²) in [6, 6.07) is 0. The number of carbonyl (C=O) groups is 4. The molecule has 9 atom stereocenters. The number of carboxylic acid groups (broad SMARTS) is 1. The Hall–Kier alpha value is -2.18. The molecule has 0 aliphatic heterocycles. The summed E-state index contributed by atoms with van der Waals surface area (Å²) in [4.78, 5) is 51.4. The molecule has 0 spiro atoms. The Morgan fingerprint density at radius 1 is 1.03 bits per heavy atom. The van der Waals surface area contributed by atoms with Crippen molar-refractivity contribution in [3.05, 3.63) is 11.6 Å². The van der Waals surface area contributed by atoms with Crippen molar-refractivity contribution in [2.45, 2.75) is 104 Å². The van der Waals surface area contributed by atoms with Crippen molar-refractivity contribution in [2.75, 3.05) is 0 Å². The highest BCUT2D eigenvalue weighted by molar-refractivity contribution is 6.11. The van der Waals surface area contributed by atoms with Gasteiger partial charge in [-0.3, -0.25) is 9.59 Å². The van der Waals surface area contributed by atoms with E-state index in [0.29, 0.717) is 25.7 Å². The lowest BCUT2D eigenvalue weighted by molar-refractivity contribution is -0.194. The topological polar surface area (TPSA) is 107 Å². The average molecular weight is 501 g/mol. The second kappa shape index (κ2) is 8.70. The molecule has 7 nitrogen and oxygen atoms in total. The van der Waals surface area contributed by atoms with Crippen LogP contribution >= 0.6 is 0 Å². The van der Waals surface area contributed by atoms with Crippen LogP contribution in [0.4, 0.5) is 4.79 Å². The van der Waals surface area contributed by atoms with E-state index in [2.05, 4.69) is 6.92 Å². The Morgan fingerprint density at radius 2 is 1.75 bits per heavy atom. The van der Waals surface area contributed by atoms with Crippen LogP contribution in [-0.2, 0) is 23.9 Å². The Kier molecular flexibility index (Phi) is 6.15. The zero-order valence-corrected chi connectivity index (χ0v) is 22.0. The Balaban J connectivity index is 1.44. The number of ketones is 2. The summed E-state index contributed by atoms with van der Waals surface area (Å²) in [6.07, 6.45) is 7.75. The monoisotopic (exact) mass is 500 g/mol. The number of fused-ring (bicyclic) bond motifs is 5. The molecule has 0 bridgehead atoms. The number of ether oxygens (including phenoxy) is 2. The van der Waals surface area contributed by atoms with Gasteiger partial charge in [0.2, 0.25) is 5.60 Å². The molecule has 36 heavy (non-hydrogen) atoms. The molecular formula is C29H40O7. The first-order valence-corrected chi connectivity index (χ1v) is 13.8. The molecule has 0 aromatic carbocycles. The van der Waals surface area contributed by atoms with E-state index in [4.69, 9.17) is 9.47 Å². The molecule has 1 N–H and O–H groups in total. The van der Waals surface area contributed by atoms with Crippen LogP contribution < -0.4 is 0 Å². The smallest absolute Gasteiger partial charge is 0.478 e. The first-order valence-electron chi connectivity index (χ1n) is 13.8. The molecule has 5 aliphatic rings. The highest BCUT2D eigenvalue weighted by Crippen LogP contribution is 2.69. The van der Waals surface area contributed by atoms with E-state index >= 15 is 0 Å². The first-order chi connectivity index (χ1) is 16.9. The van der Waals surface area contributed by atoms with Crippen LogP contribution in [0.1, 0.15) is 91.9 Å². The van der Waals surface area contributed by atoms with E-state index < -0.39 is 28.6 Å². The molecule has 0 saturated heterocycles. The van der Waals surface area contributed by atoms with Gasteiger partial charge in [-0.15, -0.1) is 0 Å². The molecule has 5 aliphatic carbocycles. The molecule has 2 unspecified atom stereocenters. The standard InChI is InChI=1S/C29H40O7/c1-16-7-5-6-8-23(16)35-26(34)36-29(25(32)33)17(2)13-22-20-10-9-18-14-19(30)15-24(31)28(18,4)21(20)11-12-27(22,29)3/h14,16-17,20-23H,5-13,15H2,1-4H3,(H,32,33)/t16-,17?,20+,21-,22-,23+,27-,28-,29?/m0/s1. The summed E-state index contributed by atoms with van der Waals surface area (Å²) in [5, 5.41) is 10.6. The van der Waals surface area contributed by atoms with Gasteiger partial charge in [-0.25, -0.2) is 9.59 Å². The molecule has 198 valence electrons. The van der Waals surface area contributed by atoms with Crippen molar-refractivity contribution < 1.29 is 33.8 Å². The number of allylic oxidation sites excluding steroid dienone is 1. The van der Waals surface area contributed by atoms with E-state index in [1.807, 2.05) is 20.8 Å². The summed E-state index contributed by atoms with van der Waals surface area (Å²) in [5.74, 6) is -1.13. The number of rotatable bonds is 3. The van der Waals surface area contributed by atoms with Gasteiger partial charge in [0.15, 0.2) is 11.6 Å². The van der Waals surface area contributed by atoms with Gasteiger partial charge in [-0.2, -0.15) is 0 Å². The number of carboxylic acids is 1. The fraction of sp³-hybridized carbons (Fsp3) is 0.793. The molecule has 0 aromatic heterocycles. The van der Waals surface area contributed by atoms with Crippen LogP contribution in [0, 0.1) is 40.4 Å². The van der Waals surface area contributed by atoms with E-state index in [1.54, 1.807) is 6.08 Å². The fourth-order valence-electron chi connectivity index (χ4n) is 9.20. The van der Waals surface area contributed by atoms with E-state index in [0.717, 1.165) is 37.7 Å².